The van der Waals surface area contributed by atoms with Crippen molar-refractivity contribution >= 4 is 23.2 Å². The second-order valence-corrected chi connectivity index (χ2v) is 7.64. The molecule has 0 spiro atoms. The minimum absolute atomic E-state index is 0.0771. The predicted molar refractivity (Wildman–Crippen MR) is 104 cm³/mol. The van der Waals surface area contributed by atoms with Gasteiger partial charge in [0.25, 0.3) is 5.91 Å². The van der Waals surface area contributed by atoms with E-state index in [-0.39, 0.29) is 5.91 Å². The molecule has 2 aromatic carbocycles. The molecule has 2 heterocycles. The third-order valence-electron chi connectivity index (χ3n) is 5.49. The van der Waals surface area contributed by atoms with Gasteiger partial charge in [0.2, 0.25) is 0 Å². The summed E-state index contributed by atoms with van der Waals surface area (Å²) in [6.07, 6.45) is 2.91. The van der Waals surface area contributed by atoms with E-state index in [9.17, 15) is 9.90 Å². The van der Waals surface area contributed by atoms with Crippen molar-refractivity contribution in [3.63, 3.8) is 0 Å². The molecule has 0 aliphatic carbocycles. The molecule has 1 unspecified atom stereocenters. The minimum Gasteiger partial charge on any atom is -0.383 e. The van der Waals surface area contributed by atoms with Crippen LogP contribution < -0.4 is 4.90 Å². The lowest BCUT2D eigenvalue weighted by Crippen LogP contribution is -2.34. The van der Waals surface area contributed by atoms with Crippen molar-refractivity contribution < 1.29 is 9.90 Å². The quantitative estimate of drug-likeness (QED) is 0.896. The van der Waals surface area contributed by atoms with Gasteiger partial charge < -0.3 is 14.9 Å². The van der Waals surface area contributed by atoms with Gasteiger partial charge in [-0.25, -0.2) is 0 Å². The molecule has 2 saturated heterocycles. The Labute approximate surface area is 159 Å². The van der Waals surface area contributed by atoms with Crippen LogP contribution in [0, 0.1) is 0 Å². The minimum atomic E-state index is -0.976. The molecule has 0 saturated carbocycles. The third-order valence-corrected chi connectivity index (χ3v) is 5.79. The number of benzene rings is 2. The molecule has 1 atom stereocenters. The smallest absolute Gasteiger partial charge is 0.254 e. The van der Waals surface area contributed by atoms with Gasteiger partial charge in [-0.2, -0.15) is 0 Å². The molecule has 2 aliphatic heterocycles. The highest BCUT2D eigenvalue weighted by atomic mass is 35.5. The molecule has 1 amide bonds. The topological polar surface area (TPSA) is 43.8 Å². The van der Waals surface area contributed by atoms with Crippen molar-refractivity contribution in [3.8, 4) is 0 Å². The standard InChI is InChI=1S/C21H23ClN2O2/c22-18-14-16(8-9-19(18)23-11-4-5-12-23)20(25)24-13-10-21(26,15-24)17-6-2-1-3-7-17/h1-3,6-9,14,26H,4-5,10-13,15H2. The van der Waals surface area contributed by atoms with Gasteiger partial charge in [-0.3, -0.25) is 4.79 Å². The highest BCUT2D eigenvalue weighted by Gasteiger charge is 2.39. The summed E-state index contributed by atoms with van der Waals surface area (Å²) in [5.41, 5.74) is 1.46. The summed E-state index contributed by atoms with van der Waals surface area (Å²) in [5.74, 6) is -0.0771. The van der Waals surface area contributed by atoms with Gasteiger partial charge in [0.15, 0.2) is 0 Å². The van der Waals surface area contributed by atoms with Crippen molar-refractivity contribution in [3.05, 3.63) is 64.7 Å². The van der Waals surface area contributed by atoms with Crippen molar-refractivity contribution in [1.29, 1.82) is 0 Å². The van der Waals surface area contributed by atoms with Gasteiger partial charge in [-0.05, 0) is 43.0 Å². The van der Waals surface area contributed by atoms with Crippen LogP contribution in [0.25, 0.3) is 0 Å². The van der Waals surface area contributed by atoms with Crippen molar-refractivity contribution in [2.24, 2.45) is 0 Å². The molecular weight excluding hydrogens is 348 g/mol. The number of hydrogen-bond donors (Lipinski definition) is 1. The van der Waals surface area contributed by atoms with Crippen LogP contribution in [0.3, 0.4) is 0 Å². The SMILES string of the molecule is O=C(c1ccc(N2CCCC2)c(Cl)c1)N1CCC(O)(c2ccccc2)C1. The maximum Gasteiger partial charge on any atom is 0.254 e. The van der Waals surface area contributed by atoms with Gasteiger partial charge in [-0.15, -0.1) is 0 Å². The zero-order valence-corrected chi connectivity index (χ0v) is 15.5. The van der Waals surface area contributed by atoms with Crippen LogP contribution in [-0.2, 0) is 5.60 Å². The number of halogens is 1. The van der Waals surface area contributed by atoms with Crippen LogP contribution in [0.4, 0.5) is 5.69 Å². The fourth-order valence-electron chi connectivity index (χ4n) is 3.99. The van der Waals surface area contributed by atoms with Crippen LogP contribution >= 0.6 is 11.6 Å². The van der Waals surface area contributed by atoms with E-state index in [1.165, 1.54) is 12.8 Å². The van der Waals surface area contributed by atoms with Crippen molar-refractivity contribution in [1.82, 2.24) is 4.90 Å². The number of β-amino-alcohol motifs (C(OH)–C–C–N with tert-alkyl or cyclic N) is 1. The summed E-state index contributed by atoms with van der Waals surface area (Å²) < 4.78 is 0. The Balaban J connectivity index is 1.51. The molecule has 1 N–H and O–H groups in total. The zero-order valence-electron chi connectivity index (χ0n) is 14.7. The van der Waals surface area contributed by atoms with Gasteiger partial charge in [-0.1, -0.05) is 41.9 Å². The Kier molecular flexibility index (Phi) is 4.63. The number of carbonyl (C=O) groups excluding carboxylic acids is 1. The summed E-state index contributed by atoms with van der Waals surface area (Å²) in [6.45, 7) is 2.88. The van der Waals surface area contributed by atoms with E-state index in [1.54, 1.807) is 11.0 Å². The Bertz CT molecular complexity index is 805. The highest BCUT2D eigenvalue weighted by molar-refractivity contribution is 6.33. The van der Waals surface area contributed by atoms with E-state index in [1.807, 2.05) is 42.5 Å². The Morgan fingerprint density at radius 1 is 1.04 bits per heavy atom. The number of carbonyl (C=O) groups is 1. The maximum absolute atomic E-state index is 12.9. The van der Waals surface area contributed by atoms with Crippen molar-refractivity contribution in [2.45, 2.75) is 24.9 Å². The number of anilines is 1. The first-order valence-electron chi connectivity index (χ1n) is 9.18. The second-order valence-electron chi connectivity index (χ2n) is 7.23. The maximum atomic E-state index is 12.9. The number of hydrogen-bond acceptors (Lipinski definition) is 3. The first-order chi connectivity index (χ1) is 12.6. The predicted octanol–water partition coefficient (Wildman–Crippen LogP) is 3.67. The van der Waals surface area contributed by atoms with E-state index >= 15 is 0 Å². The molecule has 2 fully saturated rings. The molecular formula is C21H23ClN2O2. The number of likely N-dealkylation sites (tertiary alicyclic amines) is 1. The van der Waals surface area contributed by atoms with Gasteiger partial charge in [0.05, 0.1) is 17.3 Å². The monoisotopic (exact) mass is 370 g/mol. The Morgan fingerprint density at radius 3 is 2.46 bits per heavy atom. The van der Waals surface area contributed by atoms with E-state index in [0.29, 0.717) is 30.1 Å². The normalized spacial score (nSPS) is 22.8. The van der Waals surface area contributed by atoms with Crippen LogP contribution in [0.5, 0.6) is 0 Å². The summed E-state index contributed by atoms with van der Waals surface area (Å²) in [4.78, 5) is 16.9. The molecule has 2 aromatic rings. The number of rotatable bonds is 3. The molecule has 0 bridgehead atoms. The van der Waals surface area contributed by atoms with E-state index in [4.69, 9.17) is 11.6 Å². The average molecular weight is 371 g/mol. The zero-order chi connectivity index (χ0) is 18.1. The van der Waals surface area contributed by atoms with Gasteiger partial charge in [0, 0.05) is 25.2 Å². The fourth-order valence-corrected chi connectivity index (χ4v) is 4.29. The third kappa shape index (κ3) is 3.19. The summed E-state index contributed by atoms with van der Waals surface area (Å²) in [7, 11) is 0. The van der Waals surface area contributed by atoms with Crippen LogP contribution in [0.2, 0.25) is 5.02 Å². The summed E-state index contributed by atoms with van der Waals surface area (Å²) in [5, 5.41) is 11.6. The lowest BCUT2D eigenvalue weighted by atomic mass is 9.93. The van der Waals surface area contributed by atoms with E-state index in [0.717, 1.165) is 24.3 Å². The molecule has 2 aliphatic rings. The van der Waals surface area contributed by atoms with E-state index < -0.39 is 5.60 Å². The Hall–Kier alpha value is -2.04. The number of aliphatic hydroxyl groups is 1. The molecule has 0 aromatic heterocycles. The number of amides is 1. The highest BCUT2D eigenvalue weighted by Crippen LogP contribution is 2.34. The van der Waals surface area contributed by atoms with Crippen LogP contribution in [-0.4, -0.2) is 42.1 Å². The summed E-state index contributed by atoms with van der Waals surface area (Å²) in [6, 6.07) is 15.1. The lowest BCUT2D eigenvalue weighted by Gasteiger charge is -2.24. The number of nitrogens with zero attached hydrogens (tertiary/aromatic N) is 2. The first-order valence-corrected chi connectivity index (χ1v) is 9.56. The fraction of sp³-hybridized carbons (Fsp3) is 0.381. The summed E-state index contributed by atoms with van der Waals surface area (Å²) >= 11 is 6.45. The Morgan fingerprint density at radius 2 is 1.77 bits per heavy atom. The van der Waals surface area contributed by atoms with Crippen molar-refractivity contribution in [2.75, 3.05) is 31.1 Å². The van der Waals surface area contributed by atoms with Gasteiger partial charge in [0.1, 0.15) is 5.60 Å². The lowest BCUT2D eigenvalue weighted by molar-refractivity contribution is 0.0417. The molecule has 26 heavy (non-hydrogen) atoms. The van der Waals surface area contributed by atoms with Gasteiger partial charge >= 0.3 is 0 Å². The second kappa shape index (κ2) is 6.93. The first kappa shape index (κ1) is 17.4. The molecule has 0 radical (unpaired) electrons. The van der Waals surface area contributed by atoms with E-state index in [2.05, 4.69) is 4.90 Å². The molecule has 4 nitrogen and oxygen atoms in total. The average Bonchev–Trinajstić information content (AvgIpc) is 3.32. The molecule has 136 valence electrons. The van der Waals surface area contributed by atoms with Crippen LogP contribution in [0.1, 0.15) is 35.2 Å². The largest absolute Gasteiger partial charge is 0.383 e. The molecule has 4 rings (SSSR count). The van der Waals surface area contributed by atoms with Crippen LogP contribution in [0.15, 0.2) is 48.5 Å². The molecule has 5 heteroatoms.